The number of nitrogens with one attached hydrogen (secondary N) is 1. The van der Waals surface area contributed by atoms with Gasteiger partial charge in [0.15, 0.2) is 10.8 Å². The number of esters is 1. The summed E-state index contributed by atoms with van der Waals surface area (Å²) in [5.74, 6) is -0.0604. The number of ether oxygens (including phenoxy) is 1. The fraction of sp³-hybridized carbons (Fsp3) is 0.417. The number of aromatic nitrogens is 2. The van der Waals surface area contributed by atoms with Gasteiger partial charge in [-0.3, -0.25) is 0 Å². The highest BCUT2D eigenvalue weighted by atomic mass is 32.1. The van der Waals surface area contributed by atoms with E-state index in [4.69, 9.17) is 4.74 Å². The van der Waals surface area contributed by atoms with Crippen LogP contribution in [-0.4, -0.2) is 29.1 Å². The van der Waals surface area contributed by atoms with Gasteiger partial charge in [0.2, 0.25) is 0 Å². The zero-order valence-electron chi connectivity index (χ0n) is 10.8. The number of rotatable bonds is 6. The topological polar surface area (TPSA) is 64.1 Å². The van der Waals surface area contributed by atoms with Crippen molar-refractivity contribution in [3.8, 4) is 0 Å². The lowest BCUT2D eigenvalue weighted by Gasteiger charge is -2.08. The van der Waals surface area contributed by atoms with Crippen LogP contribution in [0, 0.1) is 0 Å². The number of nitrogens with zero attached hydrogens (tertiary/aromatic N) is 2. The van der Waals surface area contributed by atoms with E-state index in [1.807, 2.05) is 5.38 Å². The molecule has 0 aliphatic rings. The second kappa shape index (κ2) is 6.63. The summed E-state index contributed by atoms with van der Waals surface area (Å²) in [4.78, 5) is 19.9. The quantitative estimate of drug-likeness (QED) is 0.830. The molecule has 5 nitrogen and oxygen atoms in total. The van der Waals surface area contributed by atoms with Gasteiger partial charge in [-0.05, 0) is 6.92 Å². The maximum Gasteiger partial charge on any atom is 0.357 e. The molecule has 1 unspecified atom stereocenters. The Morgan fingerprint density at radius 3 is 3.05 bits per heavy atom. The van der Waals surface area contributed by atoms with E-state index in [0.717, 1.165) is 16.7 Å². The van der Waals surface area contributed by atoms with Crippen LogP contribution in [0.25, 0.3) is 0 Å². The predicted octanol–water partition coefficient (Wildman–Crippen LogP) is 2.99. The van der Waals surface area contributed by atoms with Crippen LogP contribution in [-0.2, 0) is 4.74 Å². The van der Waals surface area contributed by atoms with Gasteiger partial charge in [-0.25, -0.2) is 14.8 Å². The number of anilines is 1. The molecule has 0 amide bonds. The Hall–Kier alpha value is -1.47. The molecule has 1 N–H and O–H groups in total. The van der Waals surface area contributed by atoms with E-state index >= 15 is 0 Å². The van der Waals surface area contributed by atoms with Crippen molar-refractivity contribution in [3.05, 3.63) is 27.7 Å². The van der Waals surface area contributed by atoms with Crippen LogP contribution in [0.15, 0.2) is 17.0 Å². The van der Waals surface area contributed by atoms with Gasteiger partial charge in [0.1, 0.15) is 0 Å². The Labute approximate surface area is 119 Å². The summed E-state index contributed by atoms with van der Waals surface area (Å²) < 4.78 is 4.89. The molecule has 0 saturated carbocycles. The number of carbonyl (C=O) groups is 1. The van der Waals surface area contributed by atoms with Gasteiger partial charge in [-0.15, -0.1) is 22.7 Å². The summed E-state index contributed by atoms with van der Waals surface area (Å²) in [5.41, 5.74) is 0.358. The van der Waals surface area contributed by atoms with Gasteiger partial charge in [0.05, 0.1) is 11.6 Å². The molecule has 2 rings (SSSR count). The SMILES string of the molecule is CCOC(=O)c1csc(NCC(C)c2nccs2)n1. The first kappa shape index (κ1) is 14.0. The van der Waals surface area contributed by atoms with Crippen LogP contribution in [0.1, 0.15) is 35.3 Å². The lowest BCUT2D eigenvalue weighted by molar-refractivity contribution is 0.0520. The molecule has 0 radical (unpaired) electrons. The highest BCUT2D eigenvalue weighted by Gasteiger charge is 2.13. The van der Waals surface area contributed by atoms with E-state index in [-0.39, 0.29) is 5.97 Å². The first-order chi connectivity index (χ1) is 9.20. The fourth-order valence-corrected chi connectivity index (χ4v) is 2.85. The minimum atomic E-state index is -0.375. The van der Waals surface area contributed by atoms with Crippen molar-refractivity contribution in [2.75, 3.05) is 18.5 Å². The van der Waals surface area contributed by atoms with E-state index in [2.05, 4.69) is 22.2 Å². The Bertz CT molecular complexity index is 525. The minimum Gasteiger partial charge on any atom is -0.461 e. The molecule has 0 saturated heterocycles. The third kappa shape index (κ3) is 3.74. The van der Waals surface area contributed by atoms with Crippen molar-refractivity contribution in [2.24, 2.45) is 0 Å². The predicted molar refractivity (Wildman–Crippen MR) is 77.1 cm³/mol. The maximum atomic E-state index is 11.5. The van der Waals surface area contributed by atoms with Crippen molar-refractivity contribution < 1.29 is 9.53 Å². The molecule has 0 fully saturated rings. The average molecular weight is 297 g/mol. The number of hydrogen-bond acceptors (Lipinski definition) is 7. The lowest BCUT2D eigenvalue weighted by Crippen LogP contribution is -2.10. The summed E-state index contributed by atoms with van der Waals surface area (Å²) in [5, 5.41) is 8.71. The number of hydrogen-bond donors (Lipinski definition) is 1. The number of thiazole rings is 2. The molecule has 102 valence electrons. The van der Waals surface area contributed by atoms with Crippen molar-refractivity contribution in [1.82, 2.24) is 9.97 Å². The molecular formula is C12H15N3O2S2. The molecule has 0 bridgehead atoms. The van der Waals surface area contributed by atoms with Crippen molar-refractivity contribution in [2.45, 2.75) is 19.8 Å². The molecule has 0 aromatic carbocycles. The largest absolute Gasteiger partial charge is 0.461 e. The highest BCUT2D eigenvalue weighted by molar-refractivity contribution is 7.13. The van der Waals surface area contributed by atoms with Crippen LogP contribution in [0.2, 0.25) is 0 Å². The normalized spacial score (nSPS) is 12.1. The zero-order valence-corrected chi connectivity index (χ0v) is 12.4. The van der Waals surface area contributed by atoms with Crippen LogP contribution in [0.4, 0.5) is 5.13 Å². The molecule has 2 aromatic rings. The fourth-order valence-electron chi connectivity index (χ4n) is 1.46. The molecule has 0 aliphatic heterocycles. The third-order valence-electron chi connectivity index (χ3n) is 2.42. The van der Waals surface area contributed by atoms with E-state index in [9.17, 15) is 4.79 Å². The van der Waals surface area contributed by atoms with Crippen molar-refractivity contribution in [3.63, 3.8) is 0 Å². The van der Waals surface area contributed by atoms with Crippen molar-refractivity contribution >= 4 is 33.8 Å². The van der Waals surface area contributed by atoms with Gasteiger partial charge in [0.25, 0.3) is 0 Å². The van der Waals surface area contributed by atoms with Gasteiger partial charge in [-0.1, -0.05) is 6.92 Å². The van der Waals surface area contributed by atoms with E-state index in [1.165, 1.54) is 11.3 Å². The molecule has 19 heavy (non-hydrogen) atoms. The molecule has 2 heterocycles. The molecule has 2 aromatic heterocycles. The molecule has 0 aliphatic carbocycles. The Balaban J connectivity index is 1.88. The van der Waals surface area contributed by atoms with E-state index in [1.54, 1.807) is 29.8 Å². The monoisotopic (exact) mass is 297 g/mol. The van der Waals surface area contributed by atoms with Crippen molar-refractivity contribution in [1.29, 1.82) is 0 Å². The average Bonchev–Trinajstić information content (AvgIpc) is 3.07. The lowest BCUT2D eigenvalue weighted by atomic mass is 10.2. The van der Waals surface area contributed by atoms with Gasteiger partial charge < -0.3 is 10.1 Å². The Kier molecular flexibility index (Phi) is 4.86. The first-order valence-corrected chi connectivity index (χ1v) is 7.72. The Morgan fingerprint density at radius 1 is 1.53 bits per heavy atom. The molecule has 1 atom stereocenters. The van der Waals surface area contributed by atoms with E-state index < -0.39 is 0 Å². The maximum absolute atomic E-state index is 11.5. The van der Waals surface area contributed by atoms with Crippen LogP contribution in [0.5, 0.6) is 0 Å². The smallest absolute Gasteiger partial charge is 0.357 e. The van der Waals surface area contributed by atoms with Crippen LogP contribution >= 0.6 is 22.7 Å². The summed E-state index contributed by atoms with van der Waals surface area (Å²) in [7, 11) is 0. The summed E-state index contributed by atoms with van der Waals surface area (Å²) in [6.07, 6.45) is 1.80. The standard InChI is InChI=1S/C12H15N3O2S2/c1-3-17-11(16)9-7-19-12(15-9)14-6-8(2)10-13-4-5-18-10/h4-5,7-8H,3,6H2,1-2H3,(H,14,15). The van der Waals surface area contributed by atoms with Gasteiger partial charge in [-0.2, -0.15) is 0 Å². The Morgan fingerprint density at radius 2 is 2.37 bits per heavy atom. The second-order valence-electron chi connectivity index (χ2n) is 3.91. The molecular weight excluding hydrogens is 282 g/mol. The number of carbonyl (C=O) groups excluding carboxylic acids is 1. The summed E-state index contributed by atoms with van der Waals surface area (Å²) >= 11 is 3.04. The van der Waals surface area contributed by atoms with Crippen LogP contribution in [0.3, 0.4) is 0 Å². The second-order valence-corrected chi connectivity index (χ2v) is 5.69. The van der Waals surface area contributed by atoms with Gasteiger partial charge >= 0.3 is 5.97 Å². The highest BCUT2D eigenvalue weighted by Crippen LogP contribution is 2.20. The van der Waals surface area contributed by atoms with Gasteiger partial charge in [0, 0.05) is 29.4 Å². The molecule has 0 spiro atoms. The third-order valence-corrected chi connectivity index (χ3v) is 4.23. The molecule has 7 heteroatoms. The first-order valence-electron chi connectivity index (χ1n) is 5.96. The van der Waals surface area contributed by atoms with Crippen LogP contribution < -0.4 is 5.32 Å². The summed E-state index contributed by atoms with van der Waals surface area (Å²) in [6.45, 7) is 4.98. The summed E-state index contributed by atoms with van der Waals surface area (Å²) in [6, 6.07) is 0. The van der Waals surface area contributed by atoms with E-state index in [0.29, 0.717) is 18.2 Å². The zero-order chi connectivity index (χ0) is 13.7. The minimum absolute atomic E-state index is 0.315.